The molecule has 0 aromatic carbocycles. The molecule has 0 atom stereocenters. The van der Waals surface area contributed by atoms with Crippen LogP contribution in [0, 0.1) is 6.07 Å². The third kappa shape index (κ3) is 7.07. The summed E-state index contributed by atoms with van der Waals surface area (Å²) in [6, 6.07) is 2.89. The summed E-state index contributed by atoms with van der Waals surface area (Å²) in [6.45, 7) is 8.64. The molecular formula is C10H17N2O+. The fourth-order valence-electron chi connectivity index (χ4n) is 0.711. The monoisotopic (exact) mass is 181 g/mol. The van der Waals surface area contributed by atoms with E-state index in [0.717, 1.165) is 19.4 Å². The van der Waals surface area contributed by atoms with Crippen LogP contribution in [-0.2, 0) is 4.79 Å². The quantitative estimate of drug-likeness (QED) is 0.521. The van der Waals surface area contributed by atoms with E-state index in [2.05, 4.69) is 22.8 Å². The summed E-state index contributed by atoms with van der Waals surface area (Å²) in [5, 5.41) is 2.74. The number of unbranched alkanes of at least 4 members (excludes halogenated alkanes) is 1. The van der Waals surface area contributed by atoms with Crippen LogP contribution < -0.4 is 5.32 Å². The minimum atomic E-state index is -0.0765. The van der Waals surface area contributed by atoms with E-state index in [0.29, 0.717) is 12.1 Å². The van der Waals surface area contributed by atoms with Gasteiger partial charge in [0.15, 0.2) is 0 Å². The molecule has 0 aliphatic heterocycles. The molecule has 0 spiro atoms. The number of carbonyl (C=O) groups excluding carboxylic acids is 1. The molecule has 0 saturated carbocycles. The summed E-state index contributed by atoms with van der Waals surface area (Å²) in [6.07, 6.45) is 1.67. The van der Waals surface area contributed by atoms with Crippen molar-refractivity contribution in [1.29, 1.82) is 0 Å². The molecule has 3 heteroatoms. The van der Waals surface area contributed by atoms with Gasteiger partial charge in [-0.15, -0.1) is 0 Å². The molecular weight excluding hydrogens is 164 g/mol. The Morgan fingerprint density at radius 3 is 2.85 bits per heavy atom. The molecule has 0 aromatic rings. The van der Waals surface area contributed by atoms with E-state index >= 15 is 0 Å². The first-order valence-electron chi connectivity index (χ1n) is 4.51. The standard InChI is InChI=1S/C10H16N2O/c1-4-11-7-5-6-8-12-10(13)9(2)3/h2,4-6,8H2,1,3H3/p+1. The summed E-state index contributed by atoms with van der Waals surface area (Å²) < 4.78 is 0. The third-order valence-electron chi connectivity index (χ3n) is 1.41. The fourth-order valence-corrected chi connectivity index (χ4v) is 0.711. The number of hydrogen-bond acceptors (Lipinski definition) is 1. The van der Waals surface area contributed by atoms with Crippen molar-refractivity contribution in [3.63, 3.8) is 0 Å². The number of rotatable bonds is 4. The molecule has 0 saturated heterocycles. The van der Waals surface area contributed by atoms with Crippen LogP contribution in [0.4, 0.5) is 0 Å². The number of nitrogens with one attached hydrogen (secondary N) is 1. The van der Waals surface area contributed by atoms with Gasteiger partial charge < -0.3 is 5.32 Å². The Labute approximate surface area is 79.6 Å². The minimum absolute atomic E-state index is 0.0765. The topological polar surface area (TPSA) is 33.5 Å². The van der Waals surface area contributed by atoms with Gasteiger partial charge in [-0.3, -0.25) is 4.79 Å². The molecule has 0 aromatic heterocycles. The lowest BCUT2D eigenvalue weighted by atomic mass is 10.3. The van der Waals surface area contributed by atoms with Gasteiger partial charge in [-0.1, -0.05) is 11.4 Å². The normalized spacial score (nSPS) is 8.46. The van der Waals surface area contributed by atoms with Crippen LogP contribution in [0.15, 0.2) is 12.2 Å². The van der Waals surface area contributed by atoms with E-state index in [1.165, 1.54) is 0 Å². The number of carbonyl (C=O) groups is 1. The second kappa shape index (κ2) is 7.35. The lowest BCUT2D eigenvalue weighted by Crippen LogP contribution is -2.24. The lowest BCUT2D eigenvalue weighted by Gasteiger charge is -2.00. The molecule has 1 N–H and O–H groups in total. The zero-order chi connectivity index (χ0) is 10.1. The van der Waals surface area contributed by atoms with Crippen molar-refractivity contribution in [2.45, 2.75) is 26.7 Å². The molecule has 0 radical (unpaired) electrons. The highest BCUT2D eigenvalue weighted by Gasteiger charge is 1.99. The second-order valence-electron chi connectivity index (χ2n) is 2.77. The van der Waals surface area contributed by atoms with Crippen molar-refractivity contribution in [3.8, 4) is 6.07 Å². The largest absolute Gasteiger partial charge is 0.352 e. The van der Waals surface area contributed by atoms with Gasteiger partial charge in [0.1, 0.15) is 0 Å². The highest BCUT2D eigenvalue weighted by Crippen LogP contribution is 1.88. The van der Waals surface area contributed by atoms with E-state index in [1.54, 1.807) is 6.92 Å². The highest BCUT2D eigenvalue weighted by atomic mass is 16.1. The lowest BCUT2D eigenvalue weighted by molar-refractivity contribution is -0.117. The predicted molar refractivity (Wildman–Crippen MR) is 54.8 cm³/mol. The van der Waals surface area contributed by atoms with Crippen LogP contribution in [0.2, 0.25) is 0 Å². The summed E-state index contributed by atoms with van der Waals surface area (Å²) in [4.78, 5) is 14.9. The Morgan fingerprint density at radius 1 is 1.62 bits per heavy atom. The Kier molecular flexibility index (Phi) is 6.62. The third-order valence-corrected chi connectivity index (χ3v) is 1.41. The number of nitrogens with zero attached hydrogens (tertiary/aromatic N) is 1. The fraction of sp³-hybridized carbons (Fsp3) is 0.600. The van der Waals surface area contributed by atoms with Gasteiger partial charge in [-0.2, -0.15) is 0 Å². The smallest absolute Gasteiger partial charge is 0.272 e. The van der Waals surface area contributed by atoms with Gasteiger partial charge in [-0.25, -0.2) is 0 Å². The average molecular weight is 181 g/mol. The maximum Gasteiger partial charge on any atom is 0.272 e. The molecule has 0 aliphatic rings. The Balaban J connectivity index is 3.36. The van der Waals surface area contributed by atoms with Crippen molar-refractivity contribution in [1.82, 2.24) is 5.32 Å². The zero-order valence-electron chi connectivity index (χ0n) is 8.39. The van der Waals surface area contributed by atoms with Crippen molar-refractivity contribution >= 4 is 5.91 Å². The van der Waals surface area contributed by atoms with Crippen molar-refractivity contribution in [2.75, 3.05) is 13.1 Å². The first kappa shape index (κ1) is 11.7. The average Bonchev–Trinajstić information content (AvgIpc) is 2.10. The van der Waals surface area contributed by atoms with Gasteiger partial charge in [0.2, 0.25) is 5.91 Å². The van der Waals surface area contributed by atoms with Crippen LogP contribution >= 0.6 is 0 Å². The molecule has 13 heavy (non-hydrogen) atoms. The molecule has 0 rings (SSSR count). The van der Waals surface area contributed by atoms with Gasteiger partial charge in [0.25, 0.3) is 12.6 Å². The first-order chi connectivity index (χ1) is 6.18. The molecule has 1 amide bonds. The van der Waals surface area contributed by atoms with E-state index < -0.39 is 0 Å². The van der Waals surface area contributed by atoms with Crippen molar-refractivity contribution in [2.24, 2.45) is 0 Å². The van der Waals surface area contributed by atoms with E-state index in [4.69, 9.17) is 0 Å². The predicted octanol–water partition coefficient (Wildman–Crippen LogP) is 1.81. The minimum Gasteiger partial charge on any atom is -0.352 e. The van der Waals surface area contributed by atoms with Gasteiger partial charge in [0, 0.05) is 19.0 Å². The maximum absolute atomic E-state index is 11.0. The molecule has 3 nitrogen and oxygen atoms in total. The Hall–Kier alpha value is -1.30. The molecule has 0 bridgehead atoms. The van der Waals surface area contributed by atoms with Crippen molar-refractivity contribution in [3.05, 3.63) is 17.0 Å². The van der Waals surface area contributed by atoms with Gasteiger partial charge >= 0.3 is 0 Å². The van der Waals surface area contributed by atoms with Crippen LogP contribution in [0.25, 0.3) is 4.85 Å². The summed E-state index contributed by atoms with van der Waals surface area (Å²) in [5.74, 6) is -0.0765. The number of hydrogen-bond donors (Lipinski definition) is 1. The molecule has 0 fully saturated rings. The van der Waals surface area contributed by atoms with Crippen LogP contribution in [0.5, 0.6) is 0 Å². The van der Waals surface area contributed by atoms with Crippen molar-refractivity contribution < 1.29 is 4.79 Å². The Bertz CT molecular complexity index is 235. The summed E-state index contributed by atoms with van der Waals surface area (Å²) in [7, 11) is 0. The maximum atomic E-state index is 11.0. The van der Waals surface area contributed by atoms with Gasteiger partial charge in [0.05, 0.1) is 6.42 Å². The van der Waals surface area contributed by atoms with Crippen LogP contribution in [0.1, 0.15) is 26.7 Å². The van der Waals surface area contributed by atoms with Crippen LogP contribution in [0.3, 0.4) is 0 Å². The van der Waals surface area contributed by atoms with Gasteiger partial charge in [-0.05, 0) is 13.3 Å². The van der Waals surface area contributed by atoms with E-state index in [9.17, 15) is 4.79 Å². The highest BCUT2D eigenvalue weighted by molar-refractivity contribution is 5.91. The van der Waals surface area contributed by atoms with E-state index in [1.807, 2.05) is 6.92 Å². The second-order valence-corrected chi connectivity index (χ2v) is 2.77. The zero-order valence-corrected chi connectivity index (χ0v) is 8.39. The molecule has 0 unspecified atom stereocenters. The Morgan fingerprint density at radius 2 is 2.31 bits per heavy atom. The first-order valence-corrected chi connectivity index (χ1v) is 4.51. The summed E-state index contributed by atoms with van der Waals surface area (Å²) in [5.41, 5.74) is 0.547. The summed E-state index contributed by atoms with van der Waals surface area (Å²) >= 11 is 0. The van der Waals surface area contributed by atoms with E-state index in [-0.39, 0.29) is 5.91 Å². The molecule has 72 valence electrons. The molecule has 0 aliphatic carbocycles. The molecule has 0 heterocycles. The SMILES string of the molecule is C=C(C)C(=O)NCCCC#[N+]CC. The van der Waals surface area contributed by atoms with Crippen LogP contribution in [-0.4, -0.2) is 19.0 Å². The number of amides is 1.